The van der Waals surface area contributed by atoms with Gasteiger partial charge >= 0.3 is 7.60 Å². The van der Waals surface area contributed by atoms with Crippen molar-refractivity contribution in [1.29, 1.82) is 0 Å². The molecule has 0 rings (SSSR count). The van der Waals surface area contributed by atoms with Crippen LogP contribution < -0.4 is 0 Å². The molecule has 0 fully saturated rings. The van der Waals surface area contributed by atoms with Crippen LogP contribution in [0, 0.1) is 0 Å². The van der Waals surface area contributed by atoms with E-state index in [-0.39, 0.29) is 19.6 Å². The Kier molecular flexibility index (Phi) is 6.84. The number of nitrogens with zero attached hydrogens (tertiary/aromatic N) is 2. The van der Waals surface area contributed by atoms with Crippen LogP contribution in [-0.2, 0) is 9.36 Å². The highest BCUT2D eigenvalue weighted by molar-refractivity contribution is 7.52. The highest BCUT2D eigenvalue weighted by Crippen LogP contribution is 2.39. The molecule has 0 aliphatic carbocycles. The van der Waals surface area contributed by atoms with Crippen molar-refractivity contribution >= 4 is 13.5 Å². The second-order valence-electron chi connectivity index (χ2n) is 3.79. The predicted octanol–water partition coefficient (Wildman–Crippen LogP) is -0.610. The van der Waals surface area contributed by atoms with E-state index in [1.54, 1.807) is 6.92 Å². The maximum Gasteiger partial charge on any atom is 0.355 e. The third-order valence-electron chi connectivity index (χ3n) is 1.99. The first-order valence-corrected chi connectivity index (χ1v) is 6.77. The van der Waals surface area contributed by atoms with Gasteiger partial charge < -0.3 is 14.9 Å². The van der Waals surface area contributed by atoms with Gasteiger partial charge in [0.15, 0.2) is 5.85 Å². The first-order chi connectivity index (χ1) is 7.68. The van der Waals surface area contributed by atoms with Gasteiger partial charge in [-0.2, -0.15) is 0 Å². The lowest BCUT2D eigenvalue weighted by atomic mass is 10.3. The molecule has 0 bridgehead atoms. The molecule has 0 saturated carbocycles. The monoisotopic (exact) mass is 270 g/mol. The minimum atomic E-state index is -4.56. The summed E-state index contributed by atoms with van der Waals surface area (Å²) in [6.07, 6.45) is 0.774. The fourth-order valence-corrected chi connectivity index (χ4v) is 1.58. The number of hydrogen-bond acceptors (Lipinski definition) is 5. The Labute approximate surface area is 99.6 Å². The molecule has 4 N–H and O–H groups in total. The van der Waals surface area contributed by atoms with Crippen molar-refractivity contribution in [2.75, 3.05) is 20.3 Å². The fraction of sp³-hybridized carbons (Fsp3) is 0.875. The van der Waals surface area contributed by atoms with Gasteiger partial charge in [0, 0.05) is 13.0 Å². The van der Waals surface area contributed by atoms with Gasteiger partial charge in [-0.1, -0.05) is 6.92 Å². The van der Waals surface area contributed by atoms with Crippen LogP contribution in [-0.4, -0.2) is 62.1 Å². The summed E-state index contributed by atoms with van der Waals surface area (Å²) in [5, 5.41) is 18.9. The van der Waals surface area contributed by atoms with Crippen LogP contribution in [0.25, 0.3) is 0 Å². The van der Waals surface area contributed by atoms with Gasteiger partial charge in [-0.05, 0) is 13.5 Å². The van der Waals surface area contributed by atoms with Gasteiger partial charge in [0.05, 0.1) is 0 Å². The lowest BCUT2D eigenvalue weighted by Crippen LogP contribution is -2.40. The second-order valence-corrected chi connectivity index (χ2v) is 5.57. The summed E-state index contributed by atoms with van der Waals surface area (Å²) in [4.78, 5) is 29.7. The third-order valence-corrected chi connectivity index (χ3v) is 2.93. The molecule has 1 atom stereocenters. The topological polar surface area (TPSA) is 122 Å². The van der Waals surface area contributed by atoms with Crippen LogP contribution in [0.3, 0.4) is 0 Å². The van der Waals surface area contributed by atoms with E-state index in [9.17, 15) is 14.6 Å². The Morgan fingerprint density at radius 3 is 2.35 bits per heavy atom. The smallest absolute Gasteiger partial charge is 0.355 e. The number of aliphatic hydroxyl groups is 1. The van der Waals surface area contributed by atoms with Gasteiger partial charge in [0.1, 0.15) is 6.67 Å². The van der Waals surface area contributed by atoms with Crippen molar-refractivity contribution in [3.8, 4) is 0 Å². The summed E-state index contributed by atoms with van der Waals surface area (Å²) >= 11 is 0. The molecule has 102 valence electrons. The van der Waals surface area contributed by atoms with E-state index in [4.69, 9.17) is 14.9 Å². The predicted molar refractivity (Wildman–Crippen MR) is 59.1 cm³/mol. The minimum Gasteiger partial charge on any atom is -0.379 e. The standard InChI is InChI=1S/C8H19N2O6P/c1-3-4-7(11)10(13)6-9(2)5-8(12)17(14,15)16/h8,12-13H,3-6H2,1-2H3,(H2,14,15,16). The van der Waals surface area contributed by atoms with Crippen molar-refractivity contribution in [3.05, 3.63) is 0 Å². The summed E-state index contributed by atoms with van der Waals surface area (Å²) in [5.74, 6) is -2.31. The maximum absolute atomic E-state index is 11.2. The summed E-state index contributed by atoms with van der Waals surface area (Å²) in [6, 6.07) is 0. The minimum absolute atomic E-state index is 0.186. The molecule has 0 aliphatic rings. The number of amides is 1. The van der Waals surface area contributed by atoms with Gasteiger partial charge in [-0.15, -0.1) is 0 Å². The van der Waals surface area contributed by atoms with Gasteiger partial charge in [-0.3, -0.25) is 19.5 Å². The average molecular weight is 270 g/mol. The van der Waals surface area contributed by atoms with E-state index < -0.39 is 19.3 Å². The molecule has 0 heterocycles. The molecule has 0 radical (unpaired) electrons. The number of likely N-dealkylation sites (N-methyl/N-ethyl adjacent to an activating group) is 1. The highest BCUT2D eigenvalue weighted by atomic mass is 31.2. The zero-order valence-corrected chi connectivity index (χ0v) is 10.7. The summed E-state index contributed by atoms with van der Waals surface area (Å²) in [7, 11) is -3.14. The van der Waals surface area contributed by atoms with Crippen LogP contribution in [0.4, 0.5) is 0 Å². The van der Waals surface area contributed by atoms with Gasteiger partial charge in [0.25, 0.3) is 0 Å². The zero-order valence-electron chi connectivity index (χ0n) is 9.85. The van der Waals surface area contributed by atoms with Crippen LogP contribution >= 0.6 is 7.60 Å². The van der Waals surface area contributed by atoms with Crippen molar-refractivity contribution in [2.24, 2.45) is 0 Å². The molecule has 9 heteroatoms. The largest absolute Gasteiger partial charge is 0.379 e. The summed E-state index contributed by atoms with van der Waals surface area (Å²) < 4.78 is 10.7. The Morgan fingerprint density at radius 1 is 1.41 bits per heavy atom. The normalized spacial score (nSPS) is 13.8. The average Bonchev–Trinajstić information content (AvgIpc) is 2.16. The molecular weight excluding hydrogens is 251 g/mol. The summed E-state index contributed by atoms with van der Waals surface area (Å²) in [6.45, 7) is 1.21. The van der Waals surface area contributed by atoms with E-state index in [2.05, 4.69) is 0 Å². The van der Waals surface area contributed by atoms with Crippen LogP contribution in [0.5, 0.6) is 0 Å². The number of carbonyl (C=O) groups is 1. The molecule has 17 heavy (non-hydrogen) atoms. The molecule has 8 nitrogen and oxygen atoms in total. The molecular formula is C8H19N2O6P. The quantitative estimate of drug-likeness (QED) is 0.211. The van der Waals surface area contributed by atoms with Crippen molar-refractivity contribution in [1.82, 2.24) is 9.96 Å². The Hall–Kier alpha value is -0.500. The Balaban J connectivity index is 4.14. The third kappa shape index (κ3) is 6.72. The number of hydroxylamine groups is 2. The van der Waals surface area contributed by atoms with E-state index in [0.717, 1.165) is 0 Å². The molecule has 0 aromatic rings. The number of hydrogen-bond donors (Lipinski definition) is 4. The first-order valence-electron chi connectivity index (χ1n) is 5.09. The van der Waals surface area contributed by atoms with Gasteiger partial charge in [-0.25, -0.2) is 5.06 Å². The molecule has 1 unspecified atom stereocenters. The van der Waals surface area contributed by atoms with E-state index in [1.807, 2.05) is 0 Å². The highest BCUT2D eigenvalue weighted by Gasteiger charge is 2.27. The molecule has 0 aromatic carbocycles. The van der Waals surface area contributed by atoms with E-state index in [0.29, 0.717) is 11.5 Å². The summed E-state index contributed by atoms with van der Waals surface area (Å²) in [5.41, 5.74) is 0. The molecule has 0 aliphatic heterocycles. The van der Waals surface area contributed by atoms with Crippen LogP contribution in [0.2, 0.25) is 0 Å². The van der Waals surface area contributed by atoms with Crippen molar-refractivity contribution < 1.29 is 29.5 Å². The van der Waals surface area contributed by atoms with Crippen molar-refractivity contribution in [3.63, 3.8) is 0 Å². The SMILES string of the molecule is CCCC(=O)N(O)CN(C)CC(O)P(=O)(O)O. The van der Waals surface area contributed by atoms with E-state index in [1.165, 1.54) is 11.9 Å². The van der Waals surface area contributed by atoms with Gasteiger partial charge in [0.2, 0.25) is 5.91 Å². The van der Waals surface area contributed by atoms with Crippen LogP contribution in [0.15, 0.2) is 0 Å². The maximum atomic E-state index is 11.2. The zero-order chi connectivity index (χ0) is 13.6. The van der Waals surface area contributed by atoms with Crippen molar-refractivity contribution in [2.45, 2.75) is 25.6 Å². The molecule has 0 spiro atoms. The molecule has 1 amide bonds. The number of rotatable bonds is 7. The Morgan fingerprint density at radius 2 is 1.94 bits per heavy atom. The Bertz CT molecular complexity index is 294. The molecule has 0 saturated heterocycles. The fourth-order valence-electron chi connectivity index (χ4n) is 1.09. The number of aliphatic hydroxyl groups excluding tert-OH is 1. The molecule has 0 aromatic heterocycles. The van der Waals surface area contributed by atoms with E-state index >= 15 is 0 Å². The number of carbonyl (C=O) groups excluding carboxylic acids is 1. The second kappa shape index (κ2) is 7.05. The first kappa shape index (κ1) is 16.5. The lowest BCUT2D eigenvalue weighted by Gasteiger charge is -2.24. The lowest BCUT2D eigenvalue weighted by molar-refractivity contribution is -0.173. The van der Waals surface area contributed by atoms with Crippen LogP contribution in [0.1, 0.15) is 19.8 Å².